The summed E-state index contributed by atoms with van der Waals surface area (Å²) in [5.41, 5.74) is 2.85. The van der Waals surface area contributed by atoms with Crippen LogP contribution in [0.25, 0.3) is 0 Å². The molecule has 0 unspecified atom stereocenters. The normalized spacial score (nSPS) is 14.5. The van der Waals surface area contributed by atoms with Gasteiger partial charge in [-0.3, -0.25) is 0 Å². The van der Waals surface area contributed by atoms with Crippen molar-refractivity contribution >= 4 is 40.7 Å². The molecule has 0 atom stereocenters. The van der Waals surface area contributed by atoms with Crippen LogP contribution in [0.15, 0.2) is 42.5 Å². The van der Waals surface area contributed by atoms with Crippen LogP contribution in [-0.2, 0) is 6.54 Å². The van der Waals surface area contributed by atoms with E-state index in [9.17, 15) is 9.90 Å². The molecule has 1 N–H and O–H groups in total. The highest BCUT2D eigenvalue weighted by Gasteiger charge is 2.23. The number of halogens is 2. The predicted molar refractivity (Wildman–Crippen MR) is 88.3 cm³/mol. The molecule has 2 aromatic rings. The Balaban J connectivity index is 2.04. The molecule has 1 aliphatic heterocycles. The lowest BCUT2D eigenvalue weighted by molar-refractivity contribution is 0.145. The number of carbonyl (C=O) groups is 1. The van der Waals surface area contributed by atoms with Gasteiger partial charge in [-0.1, -0.05) is 41.4 Å². The monoisotopic (exact) mass is 336 g/mol. The number of hydrogen-bond donors (Lipinski definition) is 1. The summed E-state index contributed by atoms with van der Waals surface area (Å²) in [6.07, 6.45) is -0.911. The number of rotatable bonds is 1. The van der Waals surface area contributed by atoms with E-state index in [4.69, 9.17) is 23.2 Å². The van der Waals surface area contributed by atoms with Gasteiger partial charge in [0.25, 0.3) is 0 Å². The number of benzene rings is 2. The highest BCUT2D eigenvalue weighted by atomic mass is 35.5. The minimum atomic E-state index is -0.911. The first-order chi connectivity index (χ1) is 10.6. The molecule has 114 valence electrons. The first-order valence-electron chi connectivity index (χ1n) is 6.84. The van der Waals surface area contributed by atoms with Gasteiger partial charge in [0.15, 0.2) is 0 Å². The number of fused-ring (bicyclic) bond motifs is 1. The summed E-state index contributed by atoms with van der Waals surface area (Å²) in [5.74, 6) is 0. The van der Waals surface area contributed by atoms with E-state index in [1.165, 1.54) is 4.90 Å². The zero-order valence-corrected chi connectivity index (χ0v) is 13.2. The average molecular weight is 337 g/mol. The van der Waals surface area contributed by atoms with Crippen LogP contribution in [0.5, 0.6) is 0 Å². The van der Waals surface area contributed by atoms with Crippen molar-refractivity contribution < 1.29 is 9.90 Å². The van der Waals surface area contributed by atoms with Crippen LogP contribution in [0.3, 0.4) is 0 Å². The fourth-order valence-electron chi connectivity index (χ4n) is 2.62. The summed E-state index contributed by atoms with van der Waals surface area (Å²) >= 11 is 12.1. The molecule has 0 fully saturated rings. The number of nitrogens with zero attached hydrogens (tertiary/aromatic N) is 2. The highest BCUT2D eigenvalue weighted by molar-refractivity contribution is 6.42. The molecule has 0 radical (unpaired) electrons. The second-order valence-corrected chi connectivity index (χ2v) is 5.90. The van der Waals surface area contributed by atoms with Gasteiger partial charge in [0.1, 0.15) is 0 Å². The Kier molecular flexibility index (Phi) is 4.14. The Labute approximate surface area is 138 Å². The zero-order valence-electron chi connectivity index (χ0n) is 11.7. The third-order valence-corrected chi connectivity index (χ3v) is 4.46. The third kappa shape index (κ3) is 2.85. The van der Waals surface area contributed by atoms with Crippen molar-refractivity contribution in [2.24, 2.45) is 0 Å². The van der Waals surface area contributed by atoms with E-state index in [2.05, 4.69) is 4.90 Å². The Morgan fingerprint density at radius 3 is 2.55 bits per heavy atom. The van der Waals surface area contributed by atoms with Gasteiger partial charge in [0.2, 0.25) is 0 Å². The summed E-state index contributed by atoms with van der Waals surface area (Å²) in [6.45, 7) is 1.36. The van der Waals surface area contributed by atoms with Gasteiger partial charge in [-0.25, -0.2) is 4.79 Å². The summed E-state index contributed by atoms with van der Waals surface area (Å²) < 4.78 is 0. The lowest BCUT2D eigenvalue weighted by Gasteiger charge is -2.25. The fraction of sp³-hybridized carbons (Fsp3) is 0.188. The van der Waals surface area contributed by atoms with Crippen molar-refractivity contribution in [1.82, 2.24) is 4.90 Å². The number of carboxylic acid groups (broad SMARTS) is 1. The number of para-hydroxylation sites is 1. The molecule has 2 aromatic carbocycles. The van der Waals surface area contributed by atoms with Gasteiger partial charge in [0, 0.05) is 24.5 Å². The minimum Gasteiger partial charge on any atom is -0.465 e. The Morgan fingerprint density at radius 2 is 1.82 bits per heavy atom. The van der Waals surface area contributed by atoms with E-state index in [0.29, 0.717) is 29.7 Å². The zero-order chi connectivity index (χ0) is 15.7. The molecule has 0 aliphatic carbocycles. The van der Waals surface area contributed by atoms with E-state index in [1.54, 1.807) is 12.1 Å². The summed E-state index contributed by atoms with van der Waals surface area (Å²) in [5, 5.41) is 10.3. The van der Waals surface area contributed by atoms with Gasteiger partial charge in [-0.15, -0.1) is 0 Å². The molecular weight excluding hydrogens is 323 g/mol. The molecule has 4 nitrogen and oxygen atoms in total. The molecule has 22 heavy (non-hydrogen) atoms. The van der Waals surface area contributed by atoms with E-state index in [1.807, 2.05) is 30.3 Å². The molecular formula is C16H14Cl2N2O2. The molecule has 0 bridgehead atoms. The SMILES string of the molecule is O=C(O)N1CCN(c2ccc(Cl)c(Cl)c2)c2ccccc2C1. The maximum atomic E-state index is 11.3. The fourth-order valence-corrected chi connectivity index (χ4v) is 2.91. The van der Waals surface area contributed by atoms with Crippen LogP contribution in [0.2, 0.25) is 10.0 Å². The number of hydrogen-bond acceptors (Lipinski definition) is 2. The van der Waals surface area contributed by atoms with Crippen LogP contribution in [0.1, 0.15) is 5.56 Å². The number of anilines is 2. The van der Waals surface area contributed by atoms with Crippen LogP contribution < -0.4 is 4.90 Å². The average Bonchev–Trinajstić information content (AvgIpc) is 2.70. The summed E-state index contributed by atoms with van der Waals surface area (Å²) in [4.78, 5) is 14.8. The Bertz CT molecular complexity index is 721. The quantitative estimate of drug-likeness (QED) is 0.825. The second kappa shape index (κ2) is 6.07. The van der Waals surface area contributed by atoms with Crippen LogP contribution in [-0.4, -0.2) is 29.2 Å². The Hall–Kier alpha value is -1.91. The predicted octanol–water partition coefficient (Wildman–Crippen LogP) is 4.63. The van der Waals surface area contributed by atoms with Crippen LogP contribution >= 0.6 is 23.2 Å². The molecule has 0 aromatic heterocycles. The maximum Gasteiger partial charge on any atom is 0.407 e. The van der Waals surface area contributed by atoms with Gasteiger partial charge in [-0.2, -0.15) is 0 Å². The van der Waals surface area contributed by atoms with Gasteiger partial charge < -0.3 is 14.9 Å². The lowest BCUT2D eigenvalue weighted by Crippen LogP contribution is -2.32. The van der Waals surface area contributed by atoms with Gasteiger partial charge >= 0.3 is 6.09 Å². The van der Waals surface area contributed by atoms with E-state index >= 15 is 0 Å². The van der Waals surface area contributed by atoms with E-state index in [-0.39, 0.29) is 0 Å². The smallest absolute Gasteiger partial charge is 0.407 e. The molecule has 1 aliphatic rings. The minimum absolute atomic E-state index is 0.378. The number of amides is 1. The molecule has 0 saturated carbocycles. The molecule has 0 saturated heterocycles. The topological polar surface area (TPSA) is 43.8 Å². The van der Waals surface area contributed by atoms with Crippen molar-refractivity contribution in [2.75, 3.05) is 18.0 Å². The van der Waals surface area contributed by atoms with Crippen LogP contribution in [0.4, 0.5) is 16.2 Å². The molecule has 1 heterocycles. The van der Waals surface area contributed by atoms with Gasteiger partial charge in [-0.05, 0) is 29.8 Å². The Morgan fingerprint density at radius 1 is 1.05 bits per heavy atom. The molecule has 0 spiro atoms. The highest BCUT2D eigenvalue weighted by Crippen LogP contribution is 2.34. The van der Waals surface area contributed by atoms with Crippen molar-refractivity contribution in [2.45, 2.75) is 6.54 Å². The maximum absolute atomic E-state index is 11.3. The van der Waals surface area contributed by atoms with Crippen LogP contribution in [0, 0.1) is 0 Å². The molecule has 1 amide bonds. The first-order valence-corrected chi connectivity index (χ1v) is 7.60. The third-order valence-electron chi connectivity index (χ3n) is 3.72. The van der Waals surface area contributed by atoms with Crippen molar-refractivity contribution in [3.63, 3.8) is 0 Å². The molecule has 6 heteroatoms. The van der Waals surface area contributed by atoms with Gasteiger partial charge in [0.05, 0.1) is 16.6 Å². The van der Waals surface area contributed by atoms with Crippen molar-refractivity contribution in [1.29, 1.82) is 0 Å². The summed E-state index contributed by atoms with van der Waals surface area (Å²) in [6, 6.07) is 13.2. The first kappa shape index (κ1) is 15.0. The van der Waals surface area contributed by atoms with Crippen molar-refractivity contribution in [3.8, 4) is 0 Å². The molecule has 3 rings (SSSR count). The van der Waals surface area contributed by atoms with E-state index < -0.39 is 6.09 Å². The largest absolute Gasteiger partial charge is 0.465 e. The summed E-state index contributed by atoms with van der Waals surface area (Å²) in [7, 11) is 0. The lowest BCUT2D eigenvalue weighted by atomic mass is 10.1. The van der Waals surface area contributed by atoms with E-state index in [0.717, 1.165) is 16.9 Å². The second-order valence-electron chi connectivity index (χ2n) is 5.08. The van der Waals surface area contributed by atoms with Crippen molar-refractivity contribution in [3.05, 3.63) is 58.1 Å². The standard InChI is InChI=1S/C16H14Cl2N2O2/c17-13-6-5-12(9-14(13)18)20-8-7-19(16(21)22)10-11-3-1-2-4-15(11)20/h1-6,9H,7-8,10H2,(H,21,22).